The SMILES string of the molecule is COc1ccc(OC)c(NC(=O)c2cc3n(n2)C(C(F)(F)F)CC(c2ccc(OC)c(OC)c2)N3)c1. The molecule has 1 aromatic heterocycles. The van der Waals surface area contributed by atoms with Gasteiger partial charge in [-0.25, -0.2) is 4.68 Å². The number of carbonyl (C=O) groups is 1. The molecule has 2 atom stereocenters. The van der Waals surface area contributed by atoms with Crippen LogP contribution in [0.4, 0.5) is 24.7 Å². The van der Waals surface area contributed by atoms with E-state index in [0.717, 1.165) is 4.68 Å². The van der Waals surface area contributed by atoms with E-state index in [0.29, 0.717) is 28.6 Å². The van der Waals surface area contributed by atoms with Crippen molar-refractivity contribution in [1.82, 2.24) is 9.78 Å². The molecule has 36 heavy (non-hydrogen) atoms. The van der Waals surface area contributed by atoms with Crippen molar-refractivity contribution < 1.29 is 36.9 Å². The second kappa shape index (κ2) is 9.88. The van der Waals surface area contributed by atoms with E-state index < -0.39 is 24.2 Å². The van der Waals surface area contributed by atoms with Gasteiger partial charge in [-0.1, -0.05) is 6.07 Å². The Morgan fingerprint density at radius 3 is 2.31 bits per heavy atom. The number of ether oxygens (including phenoxy) is 4. The molecule has 2 N–H and O–H groups in total. The predicted octanol–water partition coefficient (Wildman–Crippen LogP) is 4.83. The summed E-state index contributed by atoms with van der Waals surface area (Å²) in [6.07, 6.45) is -4.93. The second-order valence-electron chi connectivity index (χ2n) is 7.98. The van der Waals surface area contributed by atoms with Gasteiger partial charge in [-0.3, -0.25) is 4.79 Å². The number of halogens is 3. The summed E-state index contributed by atoms with van der Waals surface area (Å²) in [6, 6.07) is 8.33. The van der Waals surface area contributed by atoms with Crippen molar-refractivity contribution >= 4 is 17.4 Å². The molecule has 1 aliphatic rings. The zero-order valence-corrected chi connectivity index (χ0v) is 20.0. The van der Waals surface area contributed by atoms with Crippen molar-refractivity contribution in [2.45, 2.75) is 24.7 Å². The fourth-order valence-corrected chi connectivity index (χ4v) is 4.07. The van der Waals surface area contributed by atoms with Gasteiger partial charge in [0.05, 0.1) is 40.2 Å². The fraction of sp³-hybridized carbons (Fsp3) is 0.333. The molecule has 12 heteroatoms. The molecule has 9 nitrogen and oxygen atoms in total. The summed E-state index contributed by atoms with van der Waals surface area (Å²) < 4.78 is 63.9. The molecule has 4 rings (SSSR count). The normalized spacial score (nSPS) is 17.0. The Morgan fingerprint density at radius 2 is 1.67 bits per heavy atom. The van der Waals surface area contributed by atoms with Crippen molar-refractivity contribution in [1.29, 1.82) is 0 Å². The average Bonchev–Trinajstić information content (AvgIpc) is 3.31. The van der Waals surface area contributed by atoms with Crippen LogP contribution in [-0.2, 0) is 0 Å². The van der Waals surface area contributed by atoms with Gasteiger partial charge in [0, 0.05) is 18.6 Å². The third-order valence-corrected chi connectivity index (χ3v) is 5.89. The van der Waals surface area contributed by atoms with Crippen molar-refractivity contribution in [2.75, 3.05) is 39.1 Å². The van der Waals surface area contributed by atoms with Gasteiger partial charge in [0.15, 0.2) is 23.2 Å². The molecule has 2 unspecified atom stereocenters. The predicted molar refractivity (Wildman–Crippen MR) is 125 cm³/mol. The summed E-state index contributed by atoms with van der Waals surface area (Å²) >= 11 is 0. The molecule has 0 spiro atoms. The van der Waals surface area contributed by atoms with E-state index in [-0.39, 0.29) is 23.6 Å². The first-order valence-corrected chi connectivity index (χ1v) is 10.9. The van der Waals surface area contributed by atoms with Gasteiger partial charge in [-0.05, 0) is 29.8 Å². The Bertz CT molecular complexity index is 1260. The smallest absolute Gasteiger partial charge is 0.410 e. The number of hydrogen-bond donors (Lipinski definition) is 2. The van der Waals surface area contributed by atoms with Crippen molar-refractivity contribution in [3.8, 4) is 23.0 Å². The molecule has 0 aliphatic carbocycles. The lowest BCUT2D eigenvalue weighted by Gasteiger charge is -2.33. The van der Waals surface area contributed by atoms with E-state index in [1.54, 1.807) is 30.3 Å². The summed E-state index contributed by atoms with van der Waals surface area (Å²) in [4.78, 5) is 12.9. The zero-order valence-electron chi connectivity index (χ0n) is 20.0. The molecule has 1 amide bonds. The van der Waals surface area contributed by atoms with E-state index in [4.69, 9.17) is 18.9 Å². The number of nitrogens with one attached hydrogen (secondary N) is 2. The van der Waals surface area contributed by atoms with Gasteiger partial charge >= 0.3 is 6.18 Å². The Morgan fingerprint density at radius 1 is 0.972 bits per heavy atom. The maximum absolute atomic E-state index is 14.0. The summed E-state index contributed by atoms with van der Waals surface area (Å²) in [5, 5.41) is 9.68. The van der Waals surface area contributed by atoms with Crippen molar-refractivity contribution in [3.63, 3.8) is 0 Å². The van der Waals surface area contributed by atoms with Gasteiger partial charge in [0.2, 0.25) is 0 Å². The van der Waals surface area contributed by atoms with Crippen molar-refractivity contribution in [3.05, 3.63) is 53.7 Å². The van der Waals surface area contributed by atoms with Crippen LogP contribution < -0.4 is 29.6 Å². The lowest BCUT2D eigenvalue weighted by Crippen LogP contribution is -2.35. The average molecular weight is 506 g/mol. The first kappa shape index (κ1) is 25.0. The lowest BCUT2D eigenvalue weighted by atomic mass is 9.96. The van der Waals surface area contributed by atoms with Crippen LogP contribution in [0.15, 0.2) is 42.5 Å². The van der Waals surface area contributed by atoms with Crippen LogP contribution in [0.25, 0.3) is 0 Å². The molecule has 2 aromatic carbocycles. The van der Waals surface area contributed by atoms with Gasteiger partial charge in [0.1, 0.15) is 17.3 Å². The first-order valence-electron chi connectivity index (χ1n) is 10.9. The number of amides is 1. The van der Waals surface area contributed by atoms with E-state index >= 15 is 0 Å². The van der Waals surface area contributed by atoms with Gasteiger partial charge in [-0.2, -0.15) is 18.3 Å². The molecule has 3 aromatic rings. The molecular formula is C24H25F3N4O5. The van der Waals surface area contributed by atoms with Gasteiger partial charge in [-0.15, -0.1) is 0 Å². The topological polar surface area (TPSA) is 95.9 Å². The largest absolute Gasteiger partial charge is 0.497 e. The summed E-state index contributed by atoms with van der Waals surface area (Å²) in [7, 11) is 5.82. The third kappa shape index (κ3) is 4.83. The summed E-state index contributed by atoms with van der Waals surface area (Å²) in [6.45, 7) is 0. The van der Waals surface area contributed by atoms with Crippen LogP contribution in [0.3, 0.4) is 0 Å². The lowest BCUT2D eigenvalue weighted by molar-refractivity contribution is -0.173. The maximum Gasteiger partial charge on any atom is 0.410 e. The molecule has 0 saturated carbocycles. The second-order valence-corrected chi connectivity index (χ2v) is 7.98. The van der Waals surface area contributed by atoms with Crippen LogP contribution in [-0.4, -0.2) is 50.3 Å². The molecule has 0 saturated heterocycles. The number of rotatable bonds is 7. The molecule has 192 valence electrons. The standard InChI is InChI=1S/C24H25F3N4O5/c1-33-14-6-8-18(34-2)16(10-14)29-23(32)17-12-22-28-15(11-21(24(25,26)27)31(22)30-17)13-5-7-19(35-3)20(9-13)36-4/h5-10,12,15,21,28H,11H2,1-4H3,(H,29,32). The van der Waals surface area contributed by atoms with E-state index in [1.165, 1.54) is 40.6 Å². The Hall–Kier alpha value is -4.09. The monoisotopic (exact) mass is 506 g/mol. The highest BCUT2D eigenvalue weighted by molar-refractivity contribution is 6.04. The summed E-state index contributed by atoms with van der Waals surface area (Å²) in [5.41, 5.74) is 0.669. The molecular weight excluding hydrogens is 481 g/mol. The number of nitrogens with zero attached hydrogens (tertiary/aromatic N) is 2. The Balaban J connectivity index is 1.66. The minimum absolute atomic E-state index is 0.0612. The quantitative estimate of drug-likeness (QED) is 0.474. The van der Waals surface area contributed by atoms with Gasteiger partial charge < -0.3 is 29.6 Å². The number of hydrogen-bond acceptors (Lipinski definition) is 7. The number of methoxy groups -OCH3 is 4. The highest BCUT2D eigenvalue weighted by Crippen LogP contribution is 2.44. The Labute approximate surface area is 205 Å². The molecule has 0 radical (unpaired) electrons. The van der Waals surface area contributed by atoms with Crippen LogP contribution in [0.2, 0.25) is 0 Å². The number of benzene rings is 2. The highest BCUT2D eigenvalue weighted by Gasteiger charge is 2.47. The number of carbonyl (C=O) groups excluding carboxylic acids is 1. The van der Waals surface area contributed by atoms with Gasteiger partial charge in [0.25, 0.3) is 5.91 Å². The van der Waals surface area contributed by atoms with Crippen LogP contribution in [0, 0.1) is 0 Å². The molecule has 1 aliphatic heterocycles. The minimum atomic E-state index is -4.60. The number of alkyl halides is 3. The number of anilines is 2. The number of fused-ring (bicyclic) bond motifs is 1. The van der Waals surface area contributed by atoms with Crippen LogP contribution >= 0.6 is 0 Å². The maximum atomic E-state index is 14.0. The fourth-order valence-electron chi connectivity index (χ4n) is 4.07. The zero-order chi connectivity index (χ0) is 26.0. The third-order valence-electron chi connectivity index (χ3n) is 5.89. The minimum Gasteiger partial charge on any atom is -0.497 e. The number of aromatic nitrogens is 2. The highest BCUT2D eigenvalue weighted by atomic mass is 19.4. The van der Waals surface area contributed by atoms with E-state index in [9.17, 15) is 18.0 Å². The van der Waals surface area contributed by atoms with Crippen molar-refractivity contribution in [2.24, 2.45) is 0 Å². The van der Waals surface area contributed by atoms with E-state index in [1.807, 2.05) is 0 Å². The molecule has 0 bridgehead atoms. The summed E-state index contributed by atoms with van der Waals surface area (Å²) in [5.74, 6) is 1.04. The van der Waals surface area contributed by atoms with E-state index in [2.05, 4.69) is 15.7 Å². The molecule has 0 fully saturated rings. The molecule has 2 heterocycles. The first-order chi connectivity index (χ1) is 17.2. The van der Waals surface area contributed by atoms with Crippen LogP contribution in [0.1, 0.15) is 34.6 Å². The Kier molecular flexibility index (Phi) is 6.86. The van der Waals surface area contributed by atoms with Crippen LogP contribution in [0.5, 0.6) is 23.0 Å².